The highest BCUT2D eigenvalue weighted by atomic mass is 16.6. The third-order valence-corrected chi connectivity index (χ3v) is 10.3. The average Bonchev–Trinajstić information content (AvgIpc) is 3.36. The van der Waals surface area contributed by atoms with Crippen LogP contribution in [0.15, 0.2) is 63.7 Å². The van der Waals surface area contributed by atoms with E-state index in [4.69, 9.17) is 9.47 Å². The zero-order valence-corrected chi connectivity index (χ0v) is 28.6. The lowest BCUT2D eigenvalue weighted by Gasteiger charge is -2.42. The number of nitrogens with zero attached hydrogens (tertiary/aromatic N) is 6. The molecule has 4 aliphatic rings. The van der Waals surface area contributed by atoms with Crippen LogP contribution in [0.5, 0.6) is 11.5 Å². The van der Waals surface area contributed by atoms with Gasteiger partial charge in [-0.1, -0.05) is 6.08 Å². The molecule has 262 valence electrons. The number of fused-ring (bicyclic) bond motifs is 5. The highest BCUT2D eigenvalue weighted by Crippen LogP contribution is 2.47. The van der Waals surface area contributed by atoms with Crippen LogP contribution in [-0.4, -0.2) is 103 Å². The number of hydrogen-bond donors (Lipinski definition) is 0. The normalized spacial score (nSPS) is 20.2. The molecule has 0 N–H and O–H groups in total. The van der Waals surface area contributed by atoms with Crippen molar-refractivity contribution in [1.29, 1.82) is 0 Å². The quantitative estimate of drug-likeness (QED) is 0.225. The number of benzene rings is 2. The monoisotopic (exact) mass is 684 g/mol. The van der Waals surface area contributed by atoms with Crippen molar-refractivity contribution in [3.63, 3.8) is 0 Å². The molecule has 1 atom stereocenters. The van der Waals surface area contributed by atoms with Gasteiger partial charge in [0.15, 0.2) is 5.78 Å². The lowest BCUT2D eigenvalue weighted by Crippen LogP contribution is -2.55. The second-order valence-electron chi connectivity index (χ2n) is 13.8. The van der Waals surface area contributed by atoms with Crippen molar-refractivity contribution in [2.75, 3.05) is 39.3 Å². The smallest absolute Gasteiger partial charge is 0.415 e. The Kier molecular flexibility index (Phi) is 8.37. The number of allylic oxidation sites excluding steroid dienone is 1. The van der Waals surface area contributed by atoms with E-state index in [0.29, 0.717) is 67.6 Å². The first-order chi connectivity index (χ1) is 23.8. The SMILES string of the molecule is CC(=O)C(=O)N1CCC(N2CCN(C(=O)Oc3ccc4c(c3)OC(C)(C)C3=CCn5c(=O)n(-c6ccc(C(C)=O)cc6)c(=O)n5C34)CC2)CC1. The van der Waals surface area contributed by atoms with Crippen LogP contribution in [0.1, 0.15) is 62.5 Å². The molecule has 50 heavy (non-hydrogen) atoms. The van der Waals surface area contributed by atoms with Crippen LogP contribution in [0.2, 0.25) is 0 Å². The lowest BCUT2D eigenvalue weighted by molar-refractivity contribution is -0.144. The summed E-state index contributed by atoms with van der Waals surface area (Å²) in [7, 11) is 0. The van der Waals surface area contributed by atoms with Crippen LogP contribution < -0.4 is 20.9 Å². The minimum Gasteiger partial charge on any atom is -0.483 e. The molecule has 14 nitrogen and oxygen atoms in total. The van der Waals surface area contributed by atoms with E-state index in [-0.39, 0.29) is 18.4 Å². The number of rotatable bonds is 5. The Balaban J connectivity index is 1.07. The molecule has 3 aromatic rings. The summed E-state index contributed by atoms with van der Waals surface area (Å²) in [5.41, 5.74) is 0.474. The minimum absolute atomic E-state index is 0.116. The van der Waals surface area contributed by atoms with Crippen molar-refractivity contribution in [2.24, 2.45) is 0 Å². The molecule has 1 unspecified atom stereocenters. The summed E-state index contributed by atoms with van der Waals surface area (Å²) < 4.78 is 16.2. The highest BCUT2D eigenvalue weighted by Gasteiger charge is 2.44. The van der Waals surface area contributed by atoms with E-state index in [2.05, 4.69) is 4.90 Å². The molecule has 7 rings (SSSR count). The Hall–Kier alpha value is -5.24. The molecule has 2 amide bonds. The Morgan fingerprint density at radius 2 is 1.52 bits per heavy atom. The van der Waals surface area contributed by atoms with Gasteiger partial charge in [-0.25, -0.2) is 28.3 Å². The number of hydrogen-bond acceptors (Lipinski definition) is 9. The molecule has 0 bridgehead atoms. The summed E-state index contributed by atoms with van der Waals surface area (Å²) in [6.45, 7) is 10.2. The maximum absolute atomic E-state index is 14.0. The third-order valence-electron chi connectivity index (χ3n) is 10.3. The van der Waals surface area contributed by atoms with Gasteiger partial charge in [-0.2, -0.15) is 0 Å². The van der Waals surface area contributed by atoms with E-state index in [1.54, 1.807) is 52.3 Å². The Labute approximate surface area is 288 Å². The first kappa shape index (κ1) is 33.3. The molecule has 14 heteroatoms. The van der Waals surface area contributed by atoms with Crippen molar-refractivity contribution in [1.82, 2.24) is 28.6 Å². The van der Waals surface area contributed by atoms with Gasteiger partial charge >= 0.3 is 17.5 Å². The molecule has 0 saturated carbocycles. The number of amides is 2. The number of Topliss-reactive ketones (excluding diaryl/α,β-unsaturated/α-hetero) is 2. The predicted octanol–water partition coefficient (Wildman–Crippen LogP) is 2.40. The van der Waals surface area contributed by atoms with Gasteiger partial charge in [0, 0.05) is 69.4 Å². The molecule has 1 aromatic heterocycles. The topological polar surface area (TPSA) is 145 Å². The minimum atomic E-state index is -0.835. The summed E-state index contributed by atoms with van der Waals surface area (Å²) in [4.78, 5) is 81.7. The van der Waals surface area contributed by atoms with Gasteiger partial charge < -0.3 is 19.3 Å². The number of piperazine rings is 1. The number of carbonyl (C=O) groups excluding carboxylic acids is 4. The van der Waals surface area contributed by atoms with Gasteiger partial charge in [0.05, 0.1) is 12.2 Å². The van der Waals surface area contributed by atoms with E-state index in [0.717, 1.165) is 23.0 Å². The highest BCUT2D eigenvalue weighted by molar-refractivity contribution is 6.35. The molecular weight excluding hydrogens is 644 g/mol. The maximum Gasteiger partial charge on any atom is 0.415 e. The van der Waals surface area contributed by atoms with E-state index in [9.17, 15) is 28.8 Å². The molecule has 2 aromatic carbocycles. The number of likely N-dealkylation sites (tertiary alicyclic amines) is 1. The fourth-order valence-electron chi connectivity index (χ4n) is 7.60. The van der Waals surface area contributed by atoms with Gasteiger partial charge in [-0.3, -0.25) is 19.3 Å². The average molecular weight is 685 g/mol. The molecule has 0 spiro atoms. The predicted molar refractivity (Wildman–Crippen MR) is 181 cm³/mol. The summed E-state index contributed by atoms with van der Waals surface area (Å²) in [5.74, 6) is -0.245. The largest absolute Gasteiger partial charge is 0.483 e. The van der Waals surface area contributed by atoms with Gasteiger partial charge in [0.25, 0.3) is 5.91 Å². The van der Waals surface area contributed by atoms with Crippen molar-refractivity contribution in [3.05, 3.63) is 86.2 Å². The Morgan fingerprint density at radius 1 is 0.840 bits per heavy atom. The molecule has 2 saturated heterocycles. The number of ether oxygens (including phenoxy) is 2. The molecule has 4 aliphatic heterocycles. The van der Waals surface area contributed by atoms with E-state index in [1.807, 2.05) is 19.9 Å². The van der Waals surface area contributed by atoms with Gasteiger partial charge in [-0.15, -0.1) is 0 Å². The van der Waals surface area contributed by atoms with Crippen LogP contribution in [0.3, 0.4) is 0 Å². The van der Waals surface area contributed by atoms with Crippen LogP contribution in [0, 0.1) is 0 Å². The summed E-state index contributed by atoms with van der Waals surface area (Å²) in [6, 6.07) is 11.1. The maximum atomic E-state index is 14.0. The number of carbonyl (C=O) groups is 4. The number of aromatic nitrogens is 3. The molecular formula is C36H40N6O8. The van der Waals surface area contributed by atoms with Crippen LogP contribution >= 0.6 is 0 Å². The lowest BCUT2D eigenvalue weighted by atomic mass is 9.83. The summed E-state index contributed by atoms with van der Waals surface area (Å²) >= 11 is 0. The number of ketones is 2. The van der Waals surface area contributed by atoms with Crippen LogP contribution in [0.4, 0.5) is 4.79 Å². The van der Waals surface area contributed by atoms with Crippen molar-refractivity contribution < 1.29 is 28.7 Å². The van der Waals surface area contributed by atoms with Crippen LogP contribution in [0.25, 0.3) is 5.69 Å². The number of piperidine rings is 1. The van der Waals surface area contributed by atoms with E-state index < -0.39 is 40.8 Å². The van der Waals surface area contributed by atoms with Gasteiger partial charge in [0.2, 0.25) is 5.78 Å². The summed E-state index contributed by atoms with van der Waals surface area (Å²) in [5, 5.41) is 0. The van der Waals surface area contributed by atoms with Crippen molar-refractivity contribution in [2.45, 2.75) is 64.8 Å². The Bertz CT molecular complexity index is 2040. The van der Waals surface area contributed by atoms with Crippen molar-refractivity contribution >= 4 is 23.6 Å². The third kappa shape index (κ3) is 5.76. The van der Waals surface area contributed by atoms with Crippen molar-refractivity contribution in [3.8, 4) is 17.2 Å². The first-order valence-electron chi connectivity index (χ1n) is 16.9. The molecule has 0 aliphatic carbocycles. The van der Waals surface area contributed by atoms with Crippen LogP contribution in [-0.2, 0) is 16.1 Å². The standard InChI is InChI=1S/C36H40N6O8/c1-22(43)24-5-7-26(8-6-24)41-33(46)40-16-13-29-31(42(40)34(41)47)28-10-9-27(21-30(28)50-36(29,3)4)49-35(48)39-19-17-37(18-20-39)25-11-14-38(15-12-25)32(45)23(2)44/h5-10,13,21,25,31H,11-12,14-20H2,1-4H3. The van der Waals surface area contributed by atoms with Gasteiger partial charge in [-0.05, 0) is 75.6 Å². The molecule has 2 fully saturated rings. The fourth-order valence-corrected chi connectivity index (χ4v) is 7.60. The zero-order chi connectivity index (χ0) is 35.5. The van der Waals surface area contributed by atoms with E-state index in [1.165, 1.54) is 23.2 Å². The second kappa shape index (κ2) is 12.6. The summed E-state index contributed by atoms with van der Waals surface area (Å²) in [6.07, 6.45) is 3.01. The zero-order valence-electron chi connectivity index (χ0n) is 28.6. The Morgan fingerprint density at radius 3 is 2.16 bits per heavy atom. The van der Waals surface area contributed by atoms with E-state index >= 15 is 0 Å². The van der Waals surface area contributed by atoms with Gasteiger partial charge in [0.1, 0.15) is 23.1 Å². The molecule has 0 radical (unpaired) electrons. The molecule has 5 heterocycles. The second-order valence-corrected chi connectivity index (χ2v) is 13.8. The first-order valence-corrected chi connectivity index (χ1v) is 16.9. The fraction of sp³-hybridized carbons (Fsp3) is 0.444.